The first-order valence-electron chi connectivity index (χ1n) is 10.4. The second-order valence-corrected chi connectivity index (χ2v) is 9.82. The smallest absolute Gasteiger partial charge is 0.303 e. The molecular weight excluding hydrogens is 324 g/mol. The average molecular weight is 359 g/mol. The monoisotopic (exact) mass is 358 g/mol. The first kappa shape index (κ1) is 18.1. The number of fused-ring (bicyclic) bond motifs is 5. The van der Waals surface area contributed by atoms with Crippen LogP contribution in [-0.4, -0.2) is 18.7 Å². The Morgan fingerprint density at radius 1 is 1.12 bits per heavy atom. The zero-order chi connectivity index (χ0) is 18.7. The fraction of sp³-hybridized carbons (Fsp3) is 0.783. The van der Waals surface area contributed by atoms with Gasteiger partial charge in [0.2, 0.25) is 0 Å². The van der Waals surface area contributed by atoms with Gasteiger partial charge in [-0.1, -0.05) is 19.9 Å². The van der Waals surface area contributed by atoms with Crippen LogP contribution in [0.25, 0.3) is 0 Å². The number of hydrogen-bond acceptors (Lipinski definition) is 3. The van der Waals surface area contributed by atoms with Gasteiger partial charge < -0.3 is 9.47 Å². The van der Waals surface area contributed by atoms with Gasteiger partial charge in [-0.25, -0.2) is 0 Å². The summed E-state index contributed by atoms with van der Waals surface area (Å²) in [7, 11) is 1.79. The third-order valence-corrected chi connectivity index (χ3v) is 8.89. The Bertz CT molecular complexity index is 677. The summed E-state index contributed by atoms with van der Waals surface area (Å²) in [6.07, 6.45) is 12.9. The Morgan fingerprint density at radius 3 is 2.54 bits per heavy atom. The van der Waals surface area contributed by atoms with Crippen LogP contribution in [0.5, 0.6) is 0 Å². The van der Waals surface area contributed by atoms with Crippen molar-refractivity contribution in [2.75, 3.05) is 7.11 Å². The van der Waals surface area contributed by atoms with Crippen molar-refractivity contribution >= 4 is 5.97 Å². The maximum atomic E-state index is 11.8. The Kier molecular flexibility index (Phi) is 4.09. The highest BCUT2D eigenvalue weighted by Crippen LogP contribution is 2.67. The third-order valence-electron chi connectivity index (χ3n) is 8.89. The minimum absolute atomic E-state index is 0.115. The molecule has 0 aromatic carbocycles. The minimum Gasteiger partial charge on any atom is -0.501 e. The fourth-order valence-corrected chi connectivity index (χ4v) is 7.17. The predicted octanol–water partition coefficient (Wildman–Crippen LogP) is 5.41. The Morgan fingerprint density at radius 2 is 1.85 bits per heavy atom. The molecule has 0 spiro atoms. The molecule has 6 atom stereocenters. The van der Waals surface area contributed by atoms with Crippen molar-refractivity contribution in [3.63, 3.8) is 0 Å². The Hall–Kier alpha value is -1.25. The molecule has 1 unspecified atom stereocenters. The van der Waals surface area contributed by atoms with E-state index in [0.717, 1.165) is 30.4 Å². The number of methoxy groups -OCH3 is 1. The molecule has 0 N–H and O–H groups in total. The van der Waals surface area contributed by atoms with Gasteiger partial charge in [0.25, 0.3) is 0 Å². The molecule has 0 bridgehead atoms. The zero-order valence-electron chi connectivity index (χ0n) is 17.1. The highest BCUT2D eigenvalue weighted by atomic mass is 16.6. The lowest BCUT2D eigenvalue weighted by molar-refractivity contribution is -0.176. The van der Waals surface area contributed by atoms with Crippen LogP contribution in [0, 0.1) is 28.6 Å². The average Bonchev–Trinajstić information content (AvgIpc) is 2.84. The van der Waals surface area contributed by atoms with Gasteiger partial charge in [0, 0.05) is 18.8 Å². The molecule has 0 amide bonds. The topological polar surface area (TPSA) is 35.5 Å². The summed E-state index contributed by atoms with van der Waals surface area (Å²) in [5.74, 6) is 3.13. The number of esters is 1. The van der Waals surface area contributed by atoms with E-state index >= 15 is 0 Å². The van der Waals surface area contributed by atoms with Crippen molar-refractivity contribution in [2.45, 2.75) is 78.2 Å². The summed E-state index contributed by atoms with van der Waals surface area (Å²) < 4.78 is 11.5. The highest BCUT2D eigenvalue weighted by Gasteiger charge is 2.63. The van der Waals surface area contributed by atoms with Crippen LogP contribution in [0.1, 0.15) is 72.6 Å². The van der Waals surface area contributed by atoms with E-state index in [0.29, 0.717) is 5.92 Å². The summed E-state index contributed by atoms with van der Waals surface area (Å²) in [5, 5.41) is 0. The highest BCUT2D eigenvalue weighted by molar-refractivity contribution is 5.66. The van der Waals surface area contributed by atoms with Crippen LogP contribution in [0.3, 0.4) is 0 Å². The lowest BCUT2D eigenvalue weighted by atomic mass is 9.47. The first-order chi connectivity index (χ1) is 12.2. The molecule has 3 heteroatoms. The molecule has 0 saturated heterocycles. The van der Waals surface area contributed by atoms with Gasteiger partial charge >= 0.3 is 5.97 Å². The number of carbonyl (C=O) groups excluding carboxylic acids is 1. The molecule has 26 heavy (non-hydrogen) atoms. The van der Waals surface area contributed by atoms with E-state index in [4.69, 9.17) is 9.47 Å². The normalized spacial score (nSPS) is 47.0. The Balaban J connectivity index is 1.66. The van der Waals surface area contributed by atoms with Gasteiger partial charge in [-0.3, -0.25) is 4.79 Å². The van der Waals surface area contributed by atoms with Gasteiger partial charge in [0.05, 0.1) is 12.9 Å². The van der Waals surface area contributed by atoms with Crippen molar-refractivity contribution in [3.8, 4) is 0 Å². The summed E-state index contributed by atoms with van der Waals surface area (Å²) >= 11 is 0. The number of ether oxygens (including phenoxy) is 2. The minimum atomic E-state index is -0.297. The number of hydrogen-bond donors (Lipinski definition) is 0. The van der Waals surface area contributed by atoms with E-state index in [9.17, 15) is 4.79 Å². The van der Waals surface area contributed by atoms with Gasteiger partial charge in [-0.15, -0.1) is 0 Å². The van der Waals surface area contributed by atoms with Gasteiger partial charge in [0.1, 0.15) is 5.60 Å². The van der Waals surface area contributed by atoms with Crippen molar-refractivity contribution in [3.05, 3.63) is 23.5 Å². The quantitative estimate of drug-likeness (QED) is 0.619. The molecule has 2 saturated carbocycles. The van der Waals surface area contributed by atoms with Crippen LogP contribution in [0.15, 0.2) is 23.5 Å². The number of allylic oxidation sites excluding steroid dienone is 4. The first-order valence-corrected chi connectivity index (χ1v) is 10.4. The molecular formula is C23H34O3. The van der Waals surface area contributed by atoms with Crippen molar-refractivity contribution in [2.24, 2.45) is 28.6 Å². The molecule has 0 aliphatic heterocycles. The van der Waals surface area contributed by atoms with Crippen LogP contribution >= 0.6 is 0 Å². The SMILES string of the molecule is COC1=CC2=CC[C@@H]3[C@H](CC[C@@]4(C)[C@H]3CCC4(C)OC(C)=O)[C@@]2(C)CC1. The third kappa shape index (κ3) is 2.34. The fourth-order valence-electron chi connectivity index (χ4n) is 7.17. The molecule has 4 aliphatic rings. The molecule has 3 nitrogen and oxygen atoms in total. The largest absolute Gasteiger partial charge is 0.501 e. The second-order valence-electron chi connectivity index (χ2n) is 9.82. The maximum absolute atomic E-state index is 11.8. The van der Waals surface area contributed by atoms with Crippen molar-refractivity contribution in [1.82, 2.24) is 0 Å². The summed E-state index contributed by atoms with van der Waals surface area (Å²) in [6.45, 7) is 8.64. The summed E-state index contributed by atoms with van der Waals surface area (Å²) in [5.41, 5.74) is 1.61. The predicted molar refractivity (Wildman–Crippen MR) is 102 cm³/mol. The molecule has 144 valence electrons. The van der Waals surface area contributed by atoms with E-state index in [1.807, 2.05) is 0 Å². The van der Waals surface area contributed by atoms with E-state index in [2.05, 4.69) is 32.9 Å². The van der Waals surface area contributed by atoms with Crippen molar-refractivity contribution < 1.29 is 14.3 Å². The maximum Gasteiger partial charge on any atom is 0.303 e. The van der Waals surface area contributed by atoms with Crippen LogP contribution in [0.2, 0.25) is 0 Å². The molecule has 0 radical (unpaired) electrons. The molecule has 4 aliphatic carbocycles. The van der Waals surface area contributed by atoms with E-state index < -0.39 is 0 Å². The molecule has 2 fully saturated rings. The van der Waals surface area contributed by atoms with E-state index in [1.54, 1.807) is 14.0 Å². The van der Waals surface area contributed by atoms with Gasteiger partial charge in [-0.2, -0.15) is 0 Å². The lowest BCUT2D eigenvalue weighted by Crippen LogP contribution is -2.54. The van der Waals surface area contributed by atoms with E-state index in [1.165, 1.54) is 37.7 Å². The standard InChI is InChI=1S/C23H34O3/c1-15(24)26-23(4)13-10-20-18-7-6-16-14-17(25-5)8-11-21(16,2)19(18)9-12-22(20,23)3/h6,14,18-20H,7-13H2,1-5H3/t18-,19+,20+,21+,22+,23?/m1/s1. The van der Waals surface area contributed by atoms with Gasteiger partial charge in [-0.05, 0) is 80.3 Å². The van der Waals surface area contributed by atoms with E-state index in [-0.39, 0.29) is 22.4 Å². The second kappa shape index (κ2) is 5.87. The van der Waals surface area contributed by atoms with Crippen LogP contribution < -0.4 is 0 Å². The lowest BCUT2D eigenvalue weighted by Gasteiger charge is -2.58. The van der Waals surface area contributed by atoms with Gasteiger partial charge in [0.15, 0.2) is 0 Å². The zero-order valence-corrected chi connectivity index (χ0v) is 17.1. The van der Waals surface area contributed by atoms with Crippen LogP contribution in [-0.2, 0) is 14.3 Å². The number of carbonyl (C=O) groups is 1. The summed E-state index contributed by atoms with van der Waals surface area (Å²) in [6, 6.07) is 0. The molecule has 4 rings (SSSR count). The van der Waals surface area contributed by atoms with Crippen LogP contribution in [0.4, 0.5) is 0 Å². The molecule has 0 aromatic heterocycles. The Labute approximate surface area is 158 Å². The molecule has 0 heterocycles. The summed E-state index contributed by atoms with van der Waals surface area (Å²) in [4.78, 5) is 11.8. The van der Waals surface area contributed by atoms with Crippen molar-refractivity contribution in [1.29, 1.82) is 0 Å². The molecule has 0 aromatic rings. The number of rotatable bonds is 2.